The first-order chi connectivity index (χ1) is 7.93. The van der Waals surface area contributed by atoms with Crippen molar-refractivity contribution in [2.24, 2.45) is 0 Å². The van der Waals surface area contributed by atoms with Crippen molar-refractivity contribution in [1.29, 1.82) is 0 Å². The van der Waals surface area contributed by atoms with E-state index < -0.39 is 0 Å². The van der Waals surface area contributed by atoms with Crippen LogP contribution in [0.1, 0.15) is 12.1 Å². The molecule has 16 heavy (non-hydrogen) atoms. The van der Waals surface area contributed by atoms with E-state index in [2.05, 4.69) is 15.2 Å². The predicted molar refractivity (Wildman–Crippen MR) is 66.2 cm³/mol. The van der Waals surface area contributed by atoms with Crippen molar-refractivity contribution in [3.8, 4) is 0 Å². The highest BCUT2D eigenvalue weighted by Crippen LogP contribution is 2.28. The molecule has 0 aromatic carbocycles. The Kier molecular flexibility index (Phi) is 2.97. The second-order valence-corrected chi connectivity index (χ2v) is 5.31. The topological polar surface area (TPSA) is 41.1 Å². The largest absolute Gasteiger partial charge is 0.338 e. The molecule has 1 aromatic rings. The van der Waals surface area contributed by atoms with Crippen molar-refractivity contribution in [2.45, 2.75) is 17.7 Å². The van der Waals surface area contributed by atoms with Gasteiger partial charge in [0.05, 0.1) is 5.69 Å². The fourth-order valence-corrected chi connectivity index (χ4v) is 3.08. The molecule has 86 valence electrons. The minimum atomic E-state index is 0.919. The molecule has 2 aliphatic heterocycles. The number of piperazine rings is 1. The highest BCUT2D eigenvalue weighted by atomic mass is 32.2. The molecule has 1 N–H and O–H groups in total. The summed E-state index contributed by atoms with van der Waals surface area (Å²) in [6, 6.07) is 0. The van der Waals surface area contributed by atoms with Crippen LogP contribution in [0.4, 0.5) is 5.95 Å². The van der Waals surface area contributed by atoms with E-state index in [1.165, 1.54) is 22.8 Å². The molecule has 0 spiro atoms. The zero-order valence-corrected chi connectivity index (χ0v) is 10.1. The maximum absolute atomic E-state index is 4.70. The summed E-state index contributed by atoms with van der Waals surface area (Å²) in [5.74, 6) is 2.13. The molecule has 1 fully saturated rings. The van der Waals surface area contributed by atoms with E-state index in [1.54, 1.807) is 0 Å². The molecular formula is C11H16N4S. The van der Waals surface area contributed by atoms with Crippen molar-refractivity contribution in [3.63, 3.8) is 0 Å². The monoisotopic (exact) mass is 236 g/mol. The lowest BCUT2D eigenvalue weighted by Crippen LogP contribution is -2.44. The number of thioether (sulfide) groups is 1. The van der Waals surface area contributed by atoms with E-state index in [4.69, 9.17) is 4.98 Å². The van der Waals surface area contributed by atoms with Crippen LogP contribution >= 0.6 is 11.8 Å². The molecule has 5 heteroatoms. The van der Waals surface area contributed by atoms with Crippen molar-refractivity contribution < 1.29 is 0 Å². The molecule has 0 unspecified atom stereocenters. The molecule has 1 aromatic heterocycles. The maximum Gasteiger partial charge on any atom is 0.225 e. The number of nitrogens with zero attached hydrogens (tertiary/aromatic N) is 3. The average molecular weight is 236 g/mol. The molecule has 0 atom stereocenters. The fourth-order valence-electron chi connectivity index (χ4n) is 2.13. The van der Waals surface area contributed by atoms with Crippen LogP contribution in [0.15, 0.2) is 11.1 Å². The SMILES string of the molecule is c1nc(N2CCNCC2)nc2c1SCCC2. The molecule has 0 amide bonds. The Hall–Kier alpha value is -0.810. The lowest BCUT2D eigenvalue weighted by molar-refractivity contribution is 0.577. The Balaban J connectivity index is 1.84. The number of anilines is 1. The van der Waals surface area contributed by atoms with Crippen molar-refractivity contribution in [3.05, 3.63) is 11.9 Å². The van der Waals surface area contributed by atoms with Gasteiger partial charge >= 0.3 is 0 Å². The maximum atomic E-state index is 4.70. The first-order valence-corrected chi connectivity index (χ1v) is 6.86. The summed E-state index contributed by atoms with van der Waals surface area (Å²) in [4.78, 5) is 12.7. The molecule has 3 rings (SSSR count). The quantitative estimate of drug-likeness (QED) is 0.785. The lowest BCUT2D eigenvalue weighted by Gasteiger charge is -2.28. The van der Waals surface area contributed by atoms with Gasteiger partial charge in [0.2, 0.25) is 5.95 Å². The van der Waals surface area contributed by atoms with Gasteiger partial charge in [0, 0.05) is 37.3 Å². The number of aromatic nitrogens is 2. The van der Waals surface area contributed by atoms with Gasteiger partial charge in [-0.05, 0) is 18.6 Å². The summed E-state index contributed by atoms with van der Waals surface area (Å²) >= 11 is 1.89. The number of hydrogen-bond acceptors (Lipinski definition) is 5. The average Bonchev–Trinajstić information content (AvgIpc) is 2.39. The lowest BCUT2D eigenvalue weighted by atomic mass is 10.2. The van der Waals surface area contributed by atoms with Crippen LogP contribution in [0.25, 0.3) is 0 Å². The summed E-state index contributed by atoms with van der Waals surface area (Å²) < 4.78 is 0. The molecule has 4 nitrogen and oxygen atoms in total. The Labute approximate surface area is 99.8 Å². The van der Waals surface area contributed by atoms with Gasteiger partial charge in [-0.25, -0.2) is 9.97 Å². The first kappa shape index (κ1) is 10.4. The van der Waals surface area contributed by atoms with E-state index in [9.17, 15) is 0 Å². The summed E-state index contributed by atoms with van der Waals surface area (Å²) in [6.45, 7) is 4.11. The van der Waals surface area contributed by atoms with E-state index in [0.29, 0.717) is 0 Å². The van der Waals surface area contributed by atoms with Gasteiger partial charge in [0.15, 0.2) is 0 Å². The molecule has 0 radical (unpaired) electrons. The van der Waals surface area contributed by atoms with Crippen LogP contribution in [0.3, 0.4) is 0 Å². The summed E-state index contributed by atoms with van der Waals surface area (Å²) in [7, 11) is 0. The number of fused-ring (bicyclic) bond motifs is 1. The molecule has 0 aliphatic carbocycles. The van der Waals surface area contributed by atoms with Crippen LogP contribution < -0.4 is 10.2 Å². The minimum Gasteiger partial charge on any atom is -0.338 e. The van der Waals surface area contributed by atoms with Gasteiger partial charge in [-0.1, -0.05) is 0 Å². The van der Waals surface area contributed by atoms with Crippen LogP contribution in [-0.4, -0.2) is 41.9 Å². The summed E-state index contributed by atoms with van der Waals surface area (Å²) in [5, 5.41) is 3.35. The van der Waals surface area contributed by atoms with Crippen molar-refractivity contribution >= 4 is 17.7 Å². The van der Waals surface area contributed by atoms with Crippen LogP contribution in [0, 0.1) is 0 Å². The molecule has 0 bridgehead atoms. The van der Waals surface area contributed by atoms with Crippen LogP contribution in [-0.2, 0) is 6.42 Å². The van der Waals surface area contributed by atoms with E-state index in [1.807, 2.05) is 18.0 Å². The second-order valence-electron chi connectivity index (χ2n) is 4.17. The Morgan fingerprint density at radius 3 is 3.06 bits per heavy atom. The standard InChI is InChI=1S/C11H16N4S/c1-2-9-10(16-7-1)8-13-11(14-9)15-5-3-12-4-6-15/h8,12H,1-7H2. The highest BCUT2D eigenvalue weighted by molar-refractivity contribution is 7.99. The van der Waals surface area contributed by atoms with Crippen LogP contribution in [0.2, 0.25) is 0 Å². The minimum absolute atomic E-state index is 0.919. The third-order valence-corrected chi connectivity index (χ3v) is 4.18. The van der Waals surface area contributed by atoms with Crippen LogP contribution in [0.5, 0.6) is 0 Å². The van der Waals surface area contributed by atoms with E-state index in [0.717, 1.165) is 38.5 Å². The predicted octanol–water partition coefficient (Wildman–Crippen LogP) is 0.924. The number of hydrogen-bond donors (Lipinski definition) is 1. The second kappa shape index (κ2) is 4.59. The number of nitrogens with one attached hydrogen (secondary N) is 1. The van der Waals surface area contributed by atoms with Gasteiger partial charge in [-0.3, -0.25) is 0 Å². The Morgan fingerprint density at radius 2 is 2.19 bits per heavy atom. The van der Waals surface area contributed by atoms with E-state index >= 15 is 0 Å². The molecular weight excluding hydrogens is 220 g/mol. The first-order valence-electron chi connectivity index (χ1n) is 5.88. The summed E-state index contributed by atoms with van der Waals surface area (Å²) in [5.41, 5.74) is 1.25. The third-order valence-electron chi connectivity index (χ3n) is 3.03. The van der Waals surface area contributed by atoms with Gasteiger partial charge in [-0.15, -0.1) is 11.8 Å². The highest BCUT2D eigenvalue weighted by Gasteiger charge is 2.17. The van der Waals surface area contributed by atoms with Crippen molar-refractivity contribution in [1.82, 2.24) is 15.3 Å². The summed E-state index contributed by atoms with van der Waals surface area (Å²) in [6.07, 6.45) is 4.36. The van der Waals surface area contributed by atoms with Crippen molar-refractivity contribution in [2.75, 3.05) is 36.8 Å². The normalized spacial score (nSPS) is 20.6. The van der Waals surface area contributed by atoms with E-state index in [-0.39, 0.29) is 0 Å². The van der Waals surface area contributed by atoms with Gasteiger partial charge in [0.25, 0.3) is 0 Å². The molecule has 1 saturated heterocycles. The smallest absolute Gasteiger partial charge is 0.225 e. The zero-order chi connectivity index (χ0) is 10.8. The number of rotatable bonds is 1. The fraction of sp³-hybridized carbons (Fsp3) is 0.636. The third kappa shape index (κ3) is 2.01. The van der Waals surface area contributed by atoms with Gasteiger partial charge in [-0.2, -0.15) is 0 Å². The van der Waals surface area contributed by atoms with Gasteiger partial charge in [0.1, 0.15) is 0 Å². The Bertz CT molecular complexity index is 376. The zero-order valence-electron chi connectivity index (χ0n) is 9.28. The van der Waals surface area contributed by atoms with Gasteiger partial charge < -0.3 is 10.2 Å². The molecule has 2 aliphatic rings. The molecule has 3 heterocycles. The Morgan fingerprint density at radius 1 is 1.31 bits per heavy atom. The molecule has 0 saturated carbocycles. The number of aryl methyl sites for hydroxylation is 1.